The number of aryl methyl sites for hydroxylation is 1. The number of Topliss-reactive ketones (excluding diaryl/α,β-unsaturated/α-hetero) is 1. The minimum Gasteiger partial charge on any atom is -0.505 e. The molecule has 1 N–H and O–H groups in total. The Morgan fingerprint density at radius 2 is 1.91 bits per heavy atom. The molecule has 0 spiro atoms. The lowest BCUT2D eigenvalue weighted by molar-refractivity contribution is -0.140. The van der Waals surface area contributed by atoms with Gasteiger partial charge in [0.05, 0.1) is 17.3 Å². The van der Waals surface area contributed by atoms with Gasteiger partial charge in [-0.05, 0) is 62.8 Å². The second-order valence-electron chi connectivity index (χ2n) is 8.40. The molecule has 8 heteroatoms. The number of likely N-dealkylation sites (tertiary alicyclic amines) is 1. The molecule has 2 aromatic heterocycles. The summed E-state index contributed by atoms with van der Waals surface area (Å²) in [5, 5.41) is 12.0. The number of benzene rings is 1. The van der Waals surface area contributed by atoms with Crippen LogP contribution in [0.1, 0.15) is 43.3 Å². The van der Waals surface area contributed by atoms with Crippen molar-refractivity contribution in [3.8, 4) is 0 Å². The van der Waals surface area contributed by atoms with Crippen molar-refractivity contribution in [2.75, 3.05) is 26.2 Å². The van der Waals surface area contributed by atoms with Crippen LogP contribution >= 0.6 is 11.6 Å². The van der Waals surface area contributed by atoms with Crippen molar-refractivity contribution in [2.24, 2.45) is 0 Å². The van der Waals surface area contributed by atoms with Gasteiger partial charge in [0.15, 0.2) is 5.76 Å². The van der Waals surface area contributed by atoms with Gasteiger partial charge >= 0.3 is 0 Å². The fourth-order valence-electron chi connectivity index (χ4n) is 4.66. The van der Waals surface area contributed by atoms with Gasteiger partial charge in [0.25, 0.3) is 11.7 Å². The smallest absolute Gasteiger partial charge is 0.295 e. The van der Waals surface area contributed by atoms with E-state index < -0.39 is 17.7 Å². The summed E-state index contributed by atoms with van der Waals surface area (Å²) in [7, 11) is 0. The molecule has 4 rings (SSSR count). The number of aliphatic hydroxyl groups is 1. The molecule has 0 bridgehead atoms. The highest BCUT2D eigenvalue weighted by atomic mass is 35.5. The zero-order valence-electron chi connectivity index (χ0n) is 19.7. The predicted octanol–water partition coefficient (Wildman–Crippen LogP) is 4.45. The van der Waals surface area contributed by atoms with Gasteiger partial charge in [0.1, 0.15) is 11.3 Å². The van der Waals surface area contributed by atoms with Crippen LogP contribution in [-0.4, -0.2) is 62.2 Å². The summed E-state index contributed by atoms with van der Waals surface area (Å²) in [6.07, 6.45) is 2.49. The highest BCUT2D eigenvalue weighted by Gasteiger charge is 2.46. The molecule has 0 unspecified atom stereocenters. The van der Waals surface area contributed by atoms with E-state index in [0.717, 1.165) is 19.6 Å². The third-order valence-corrected chi connectivity index (χ3v) is 6.64. The zero-order chi connectivity index (χ0) is 24.4. The maximum atomic E-state index is 13.3. The minimum absolute atomic E-state index is 0.0591. The van der Waals surface area contributed by atoms with Crippen molar-refractivity contribution in [3.05, 3.63) is 76.2 Å². The number of aliphatic hydroxyl groups excluding tert-OH is 1. The third kappa shape index (κ3) is 4.33. The Morgan fingerprint density at radius 3 is 2.62 bits per heavy atom. The van der Waals surface area contributed by atoms with E-state index in [-0.39, 0.29) is 11.3 Å². The molecule has 1 saturated heterocycles. The van der Waals surface area contributed by atoms with Gasteiger partial charge in [-0.1, -0.05) is 43.6 Å². The maximum Gasteiger partial charge on any atom is 0.295 e. The monoisotopic (exact) mass is 480 g/mol. The van der Waals surface area contributed by atoms with Crippen LogP contribution in [0.25, 0.3) is 11.4 Å². The van der Waals surface area contributed by atoms with Crippen LogP contribution in [0, 0.1) is 6.92 Å². The molecule has 1 aromatic carbocycles. The number of ketones is 1. The molecule has 1 atom stereocenters. The van der Waals surface area contributed by atoms with Crippen LogP contribution in [0.2, 0.25) is 5.02 Å². The number of pyridine rings is 1. The molecule has 1 aliphatic rings. The van der Waals surface area contributed by atoms with Gasteiger partial charge in [-0.15, -0.1) is 0 Å². The molecular formula is C26H29ClN4O3. The first-order chi connectivity index (χ1) is 16.4. The molecule has 0 aliphatic carbocycles. The second-order valence-corrected chi connectivity index (χ2v) is 8.84. The Bertz CT molecular complexity index is 1260. The normalized spacial score (nSPS) is 17.9. The number of aromatic nitrogens is 2. The number of carbonyl (C=O) groups is 2. The SMILES string of the molecule is CCN(CC)CCCN1C(=O)C(=O)/C(=C(/O)c2c(C)nc3ccccn23)[C@@H]1c1cccc(Cl)c1. The van der Waals surface area contributed by atoms with Gasteiger partial charge in [0, 0.05) is 17.8 Å². The highest BCUT2D eigenvalue weighted by molar-refractivity contribution is 6.46. The highest BCUT2D eigenvalue weighted by Crippen LogP contribution is 2.40. The number of amides is 1. The van der Waals surface area contributed by atoms with Crippen LogP contribution in [0.15, 0.2) is 54.2 Å². The van der Waals surface area contributed by atoms with E-state index >= 15 is 0 Å². The Kier molecular flexibility index (Phi) is 7.05. The fourth-order valence-corrected chi connectivity index (χ4v) is 4.86. The number of imidazole rings is 1. The van der Waals surface area contributed by atoms with Crippen molar-refractivity contribution in [1.29, 1.82) is 0 Å². The molecule has 178 valence electrons. The number of nitrogens with zero attached hydrogens (tertiary/aromatic N) is 4. The van der Waals surface area contributed by atoms with Crippen molar-refractivity contribution >= 4 is 34.7 Å². The number of rotatable bonds is 8. The number of halogens is 1. The Labute approximate surface area is 204 Å². The summed E-state index contributed by atoms with van der Waals surface area (Å²) in [5.74, 6) is -1.54. The average Bonchev–Trinajstić information content (AvgIpc) is 3.29. The summed E-state index contributed by atoms with van der Waals surface area (Å²) < 4.78 is 1.73. The molecule has 0 saturated carbocycles. The topological polar surface area (TPSA) is 78.2 Å². The van der Waals surface area contributed by atoms with E-state index in [1.807, 2.05) is 24.3 Å². The minimum atomic E-state index is -0.732. The summed E-state index contributed by atoms with van der Waals surface area (Å²) in [4.78, 5) is 34.8. The number of fused-ring (bicyclic) bond motifs is 1. The standard InChI is InChI=1S/C26H29ClN4O3/c1-4-29(5-2)13-9-15-31-23(18-10-8-11-19(27)16-18)21(25(33)26(31)34)24(32)22-17(3)28-20-12-6-7-14-30(20)22/h6-8,10-12,14,16,23,32H,4-5,9,13,15H2,1-3H3/b24-21+/t23-/m0/s1. The van der Waals surface area contributed by atoms with E-state index in [1.165, 1.54) is 0 Å². The quantitative estimate of drug-likeness (QED) is 0.293. The van der Waals surface area contributed by atoms with E-state index in [9.17, 15) is 14.7 Å². The van der Waals surface area contributed by atoms with Crippen LogP contribution < -0.4 is 0 Å². The Balaban J connectivity index is 1.82. The van der Waals surface area contributed by atoms with Gasteiger partial charge < -0.3 is 14.9 Å². The van der Waals surface area contributed by atoms with Gasteiger partial charge in [-0.25, -0.2) is 4.98 Å². The molecule has 34 heavy (non-hydrogen) atoms. The first kappa shape index (κ1) is 24.0. The first-order valence-electron chi connectivity index (χ1n) is 11.6. The Morgan fingerprint density at radius 1 is 1.15 bits per heavy atom. The van der Waals surface area contributed by atoms with E-state index in [0.29, 0.717) is 40.6 Å². The number of hydrogen-bond donors (Lipinski definition) is 1. The van der Waals surface area contributed by atoms with Gasteiger partial charge in [-0.3, -0.25) is 14.0 Å². The molecule has 1 aliphatic heterocycles. The lowest BCUT2D eigenvalue weighted by Gasteiger charge is -2.27. The van der Waals surface area contributed by atoms with Crippen LogP contribution in [0.4, 0.5) is 0 Å². The van der Waals surface area contributed by atoms with Gasteiger partial charge in [0.2, 0.25) is 0 Å². The van der Waals surface area contributed by atoms with E-state index in [2.05, 4.69) is 23.7 Å². The summed E-state index contributed by atoms with van der Waals surface area (Å²) in [5.41, 5.74) is 2.37. The average molecular weight is 481 g/mol. The molecule has 1 amide bonds. The zero-order valence-corrected chi connectivity index (χ0v) is 20.4. The maximum absolute atomic E-state index is 13.3. The summed E-state index contributed by atoms with van der Waals surface area (Å²) in [6, 6.07) is 11.9. The predicted molar refractivity (Wildman–Crippen MR) is 133 cm³/mol. The molecule has 3 heterocycles. The molecular weight excluding hydrogens is 452 g/mol. The number of hydrogen-bond acceptors (Lipinski definition) is 5. The van der Waals surface area contributed by atoms with Crippen molar-refractivity contribution in [2.45, 2.75) is 33.2 Å². The lowest BCUT2D eigenvalue weighted by Crippen LogP contribution is -2.33. The Hall–Kier alpha value is -3.16. The number of carbonyl (C=O) groups excluding carboxylic acids is 2. The third-order valence-electron chi connectivity index (χ3n) is 6.40. The van der Waals surface area contributed by atoms with Crippen molar-refractivity contribution in [1.82, 2.24) is 19.2 Å². The largest absolute Gasteiger partial charge is 0.505 e. The van der Waals surface area contributed by atoms with Crippen molar-refractivity contribution < 1.29 is 14.7 Å². The van der Waals surface area contributed by atoms with E-state index in [1.54, 1.807) is 40.6 Å². The van der Waals surface area contributed by atoms with Crippen LogP contribution in [0.5, 0.6) is 0 Å². The van der Waals surface area contributed by atoms with Crippen molar-refractivity contribution in [3.63, 3.8) is 0 Å². The molecule has 7 nitrogen and oxygen atoms in total. The first-order valence-corrected chi connectivity index (χ1v) is 11.9. The lowest BCUT2D eigenvalue weighted by atomic mass is 9.96. The van der Waals surface area contributed by atoms with Crippen LogP contribution in [-0.2, 0) is 9.59 Å². The second kappa shape index (κ2) is 9.99. The molecule has 1 fully saturated rings. The van der Waals surface area contributed by atoms with Crippen LogP contribution in [0.3, 0.4) is 0 Å². The summed E-state index contributed by atoms with van der Waals surface area (Å²) in [6.45, 7) is 9.00. The molecule has 0 radical (unpaired) electrons. The van der Waals surface area contributed by atoms with E-state index in [4.69, 9.17) is 11.6 Å². The fraction of sp³-hybridized carbons (Fsp3) is 0.346. The van der Waals surface area contributed by atoms with Gasteiger partial charge in [-0.2, -0.15) is 0 Å². The molecule has 3 aromatic rings. The summed E-state index contributed by atoms with van der Waals surface area (Å²) >= 11 is 6.27.